The average molecular weight is 602 g/mol. The molecule has 0 aliphatic heterocycles. The third kappa shape index (κ3) is 15.4. The van der Waals surface area contributed by atoms with E-state index in [4.69, 9.17) is 17.2 Å². The summed E-state index contributed by atoms with van der Waals surface area (Å²) < 4.78 is 0. The van der Waals surface area contributed by atoms with Crippen molar-refractivity contribution in [1.29, 1.82) is 0 Å². The van der Waals surface area contributed by atoms with Crippen LogP contribution in [0, 0.1) is 5.92 Å². The summed E-state index contributed by atoms with van der Waals surface area (Å²) in [7, 11) is 0. The second-order valence-electron chi connectivity index (χ2n) is 10.2. The SMILES string of the molecule is CC[C@H](C)[C@H](NC(CCC(=O)NCCCCC(N)C(=O)N[C@@H](CO)C(=O)NC(CCC(N)=O)C(=O)O)C(C)=O)C(N)=O. The van der Waals surface area contributed by atoms with Crippen LogP contribution in [0.15, 0.2) is 0 Å². The molecule has 12 N–H and O–H groups in total. The molecule has 3 unspecified atom stereocenters. The molecule has 0 aromatic rings. The van der Waals surface area contributed by atoms with Crippen molar-refractivity contribution in [1.82, 2.24) is 21.3 Å². The first-order valence-electron chi connectivity index (χ1n) is 13.9. The van der Waals surface area contributed by atoms with E-state index in [1.807, 2.05) is 13.8 Å². The van der Waals surface area contributed by atoms with Crippen LogP contribution in [-0.2, 0) is 33.6 Å². The van der Waals surface area contributed by atoms with Crippen LogP contribution in [0.4, 0.5) is 0 Å². The van der Waals surface area contributed by atoms with E-state index in [9.17, 15) is 43.8 Å². The van der Waals surface area contributed by atoms with Gasteiger partial charge in [0.2, 0.25) is 29.5 Å². The first-order valence-corrected chi connectivity index (χ1v) is 13.9. The molecule has 16 nitrogen and oxygen atoms in total. The highest BCUT2D eigenvalue weighted by atomic mass is 16.4. The molecule has 0 saturated heterocycles. The minimum Gasteiger partial charge on any atom is -0.480 e. The highest BCUT2D eigenvalue weighted by Gasteiger charge is 2.28. The second kappa shape index (κ2) is 20.3. The molecule has 5 amide bonds. The number of rotatable bonds is 23. The molecule has 6 atom stereocenters. The van der Waals surface area contributed by atoms with Crippen molar-refractivity contribution in [3.63, 3.8) is 0 Å². The fraction of sp³-hybridized carbons (Fsp3) is 0.731. The maximum atomic E-state index is 12.4. The summed E-state index contributed by atoms with van der Waals surface area (Å²) in [4.78, 5) is 82.9. The van der Waals surface area contributed by atoms with Gasteiger partial charge in [0.25, 0.3) is 0 Å². The number of nitrogens with two attached hydrogens (primary N) is 3. The minimum atomic E-state index is -1.46. The molecule has 0 aliphatic rings. The number of aliphatic carboxylic acids is 1. The summed E-state index contributed by atoms with van der Waals surface area (Å²) in [6.45, 7) is 4.58. The Balaban J connectivity index is 4.56. The Morgan fingerprint density at radius 2 is 1.43 bits per heavy atom. The van der Waals surface area contributed by atoms with Crippen LogP contribution in [0.3, 0.4) is 0 Å². The second-order valence-corrected chi connectivity index (χ2v) is 10.2. The van der Waals surface area contributed by atoms with Gasteiger partial charge in [-0.3, -0.25) is 34.1 Å². The number of hydrogen-bond donors (Lipinski definition) is 9. The molecule has 0 aromatic carbocycles. The summed E-state index contributed by atoms with van der Waals surface area (Å²) in [6.07, 6.45) is 1.46. The first kappa shape index (κ1) is 38.4. The number of carbonyl (C=O) groups is 7. The van der Waals surface area contributed by atoms with Crippen LogP contribution in [0.5, 0.6) is 0 Å². The molecule has 0 aromatic heterocycles. The van der Waals surface area contributed by atoms with E-state index >= 15 is 0 Å². The Labute approximate surface area is 245 Å². The largest absolute Gasteiger partial charge is 0.480 e. The zero-order valence-corrected chi connectivity index (χ0v) is 24.5. The van der Waals surface area contributed by atoms with E-state index in [1.54, 1.807) is 0 Å². The topological polar surface area (TPSA) is 286 Å². The lowest BCUT2D eigenvalue weighted by atomic mass is 9.96. The van der Waals surface area contributed by atoms with Gasteiger partial charge in [0.15, 0.2) is 0 Å². The first-order chi connectivity index (χ1) is 19.6. The Morgan fingerprint density at radius 1 is 0.833 bits per heavy atom. The highest BCUT2D eigenvalue weighted by Crippen LogP contribution is 2.11. The molecule has 240 valence electrons. The minimum absolute atomic E-state index is 0.0427. The van der Waals surface area contributed by atoms with Gasteiger partial charge in [-0.2, -0.15) is 0 Å². The molecular formula is C26H47N7O9. The van der Waals surface area contributed by atoms with Crippen LogP contribution in [0.1, 0.15) is 72.1 Å². The van der Waals surface area contributed by atoms with Gasteiger partial charge in [-0.25, -0.2) is 4.79 Å². The van der Waals surface area contributed by atoms with Crippen molar-refractivity contribution >= 4 is 41.3 Å². The van der Waals surface area contributed by atoms with Gasteiger partial charge < -0.3 is 43.4 Å². The van der Waals surface area contributed by atoms with Crippen molar-refractivity contribution in [2.75, 3.05) is 13.2 Å². The van der Waals surface area contributed by atoms with Crippen LogP contribution in [-0.4, -0.2) is 94.9 Å². The lowest BCUT2D eigenvalue weighted by Gasteiger charge is -2.26. The van der Waals surface area contributed by atoms with Crippen molar-refractivity contribution in [2.45, 2.75) is 102 Å². The number of aliphatic hydroxyl groups is 1. The normalized spacial score (nSPS) is 15.3. The zero-order chi connectivity index (χ0) is 32.4. The number of carboxylic acids is 1. The van der Waals surface area contributed by atoms with E-state index in [1.165, 1.54) is 6.92 Å². The number of primary amides is 2. The van der Waals surface area contributed by atoms with E-state index in [0.29, 0.717) is 19.3 Å². The smallest absolute Gasteiger partial charge is 0.326 e. The quantitative estimate of drug-likeness (QED) is 0.0537. The van der Waals surface area contributed by atoms with Gasteiger partial charge in [-0.05, 0) is 44.9 Å². The van der Waals surface area contributed by atoms with Crippen LogP contribution >= 0.6 is 0 Å². The monoisotopic (exact) mass is 601 g/mol. The summed E-state index contributed by atoms with van der Waals surface area (Å²) in [5, 5.41) is 28.8. The van der Waals surface area contributed by atoms with E-state index in [2.05, 4.69) is 21.3 Å². The van der Waals surface area contributed by atoms with E-state index < -0.39 is 66.4 Å². The highest BCUT2D eigenvalue weighted by molar-refractivity contribution is 5.92. The number of ketones is 1. The van der Waals surface area contributed by atoms with Gasteiger partial charge >= 0.3 is 5.97 Å². The summed E-state index contributed by atoms with van der Waals surface area (Å²) >= 11 is 0. The molecule has 0 radical (unpaired) electrons. The molecular weight excluding hydrogens is 554 g/mol. The third-order valence-electron chi connectivity index (χ3n) is 6.76. The molecule has 0 bridgehead atoms. The van der Waals surface area contributed by atoms with Gasteiger partial charge in [0.1, 0.15) is 17.9 Å². The van der Waals surface area contributed by atoms with Crippen LogP contribution in [0.25, 0.3) is 0 Å². The molecule has 0 fully saturated rings. The summed E-state index contributed by atoms with van der Waals surface area (Å²) in [6, 6.07) is -5.34. The molecule has 0 heterocycles. The van der Waals surface area contributed by atoms with Crippen molar-refractivity contribution in [3.05, 3.63) is 0 Å². The molecule has 0 rings (SSSR count). The average Bonchev–Trinajstić information content (AvgIpc) is 2.92. The van der Waals surface area contributed by atoms with Gasteiger partial charge in [0, 0.05) is 19.4 Å². The number of Topliss-reactive ketones (excluding diaryl/α,β-unsaturated/α-hetero) is 1. The molecule has 42 heavy (non-hydrogen) atoms. The number of carbonyl (C=O) groups excluding carboxylic acids is 6. The summed E-state index contributed by atoms with van der Waals surface area (Å²) in [5.74, 6) is -5.03. The third-order valence-corrected chi connectivity index (χ3v) is 6.76. The maximum Gasteiger partial charge on any atom is 0.326 e. The standard InChI is InChI=1S/C26H47N7O9/c1-4-14(2)22(23(29)38)31-17(15(3)35)9-11-21(37)30-12-6-5-7-16(27)24(39)33-19(13-34)25(40)32-18(26(41)42)8-10-20(28)36/h14,16-19,22,31,34H,4-13,27H2,1-3H3,(H2,28,36)(H2,29,38)(H,30,37)(H,32,40)(H,33,39)(H,41,42)/t14-,16?,17?,18?,19-,22-/m0/s1. The van der Waals surface area contributed by atoms with Crippen molar-refractivity contribution in [3.8, 4) is 0 Å². The Kier molecular flexibility index (Phi) is 18.5. The van der Waals surface area contributed by atoms with Crippen molar-refractivity contribution < 1.29 is 43.8 Å². The lowest BCUT2D eigenvalue weighted by Crippen LogP contribution is -2.55. The van der Waals surface area contributed by atoms with Gasteiger partial charge in [0.05, 0.1) is 24.7 Å². The van der Waals surface area contributed by atoms with Gasteiger partial charge in [-0.15, -0.1) is 0 Å². The Morgan fingerprint density at radius 3 is 1.93 bits per heavy atom. The fourth-order valence-electron chi connectivity index (χ4n) is 3.88. The predicted octanol–water partition coefficient (Wildman–Crippen LogP) is -2.86. The Hall–Kier alpha value is -3.63. The number of unbranched alkanes of at least 4 members (excludes halogenated alkanes) is 1. The van der Waals surface area contributed by atoms with Crippen LogP contribution < -0.4 is 38.5 Å². The number of carboxylic acid groups (broad SMARTS) is 1. The fourth-order valence-corrected chi connectivity index (χ4v) is 3.88. The molecule has 16 heteroatoms. The molecule has 0 aliphatic carbocycles. The lowest BCUT2D eigenvalue weighted by molar-refractivity contribution is -0.142. The summed E-state index contributed by atoms with van der Waals surface area (Å²) in [5.41, 5.74) is 16.3. The van der Waals surface area contributed by atoms with Gasteiger partial charge in [-0.1, -0.05) is 20.3 Å². The van der Waals surface area contributed by atoms with E-state index in [-0.39, 0.29) is 56.3 Å². The number of hydrogen-bond acceptors (Lipinski definition) is 10. The van der Waals surface area contributed by atoms with Crippen molar-refractivity contribution in [2.24, 2.45) is 23.1 Å². The predicted molar refractivity (Wildman–Crippen MR) is 151 cm³/mol. The number of aliphatic hydroxyl groups excluding tert-OH is 1. The number of nitrogens with one attached hydrogen (secondary N) is 4. The number of amides is 5. The Bertz CT molecular complexity index is 947. The van der Waals surface area contributed by atoms with E-state index in [0.717, 1.165) is 0 Å². The maximum absolute atomic E-state index is 12.4. The zero-order valence-electron chi connectivity index (χ0n) is 24.5. The van der Waals surface area contributed by atoms with Crippen LogP contribution in [0.2, 0.25) is 0 Å². The molecule has 0 saturated carbocycles. The molecule has 0 spiro atoms.